The lowest BCUT2D eigenvalue weighted by Gasteiger charge is -2.10. The van der Waals surface area contributed by atoms with Gasteiger partial charge in [-0.1, -0.05) is 30.1 Å². The van der Waals surface area contributed by atoms with Gasteiger partial charge in [0.25, 0.3) is 5.56 Å². The van der Waals surface area contributed by atoms with Crippen molar-refractivity contribution in [3.63, 3.8) is 0 Å². The molecule has 1 heterocycles. The molecular formula is C12H11Cl2N3O3. The van der Waals surface area contributed by atoms with Crippen molar-refractivity contribution < 1.29 is 9.90 Å². The molecule has 0 atom stereocenters. The van der Waals surface area contributed by atoms with Gasteiger partial charge in [-0.3, -0.25) is 15.0 Å². The minimum absolute atomic E-state index is 0.00201. The van der Waals surface area contributed by atoms with Gasteiger partial charge in [0.05, 0.1) is 15.4 Å². The van der Waals surface area contributed by atoms with Crippen LogP contribution in [0.1, 0.15) is 19.8 Å². The molecule has 2 N–H and O–H groups in total. The van der Waals surface area contributed by atoms with E-state index in [-0.39, 0.29) is 39.0 Å². The Morgan fingerprint density at radius 2 is 2.15 bits per heavy atom. The predicted octanol–water partition coefficient (Wildman–Crippen LogP) is 2.28. The van der Waals surface area contributed by atoms with Crippen molar-refractivity contribution >= 4 is 40.0 Å². The number of aromatic nitrogens is 2. The Labute approximate surface area is 123 Å². The molecule has 1 aromatic heterocycles. The van der Waals surface area contributed by atoms with Crippen molar-refractivity contribution in [3.05, 3.63) is 32.8 Å². The van der Waals surface area contributed by atoms with Crippen molar-refractivity contribution in [2.24, 2.45) is 0 Å². The smallest absolute Gasteiger partial charge is 0.281 e. The zero-order valence-electron chi connectivity index (χ0n) is 10.5. The molecule has 0 saturated heterocycles. The van der Waals surface area contributed by atoms with Gasteiger partial charge in [0.15, 0.2) is 5.75 Å². The van der Waals surface area contributed by atoms with Gasteiger partial charge in [-0.15, -0.1) is 0 Å². The highest BCUT2D eigenvalue weighted by molar-refractivity contribution is 6.39. The number of nitrogens with one attached hydrogen (secondary N) is 1. The molecule has 0 saturated carbocycles. The third-order valence-electron chi connectivity index (χ3n) is 2.64. The molecule has 0 aliphatic carbocycles. The molecule has 0 bridgehead atoms. The van der Waals surface area contributed by atoms with E-state index in [0.717, 1.165) is 11.0 Å². The maximum absolute atomic E-state index is 12.2. The van der Waals surface area contributed by atoms with Gasteiger partial charge in [-0.25, -0.2) is 9.66 Å². The molecule has 0 fully saturated rings. The molecule has 1 aromatic carbocycles. The lowest BCUT2D eigenvalue weighted by atomic mass is 10.2. The third-order valence-corrected chi connectivity index (χ3v) is 3.22. The summed E-state index contributed by atoms with van der Waals surface area (Å²) in [6, 6.07) is 1.25. The number of fused-ring (bicyclic) bond motifs is 1. The number of carbonyl (C=O) groups excluding carboxylic acids is 1. The molecule has 0 unspecified atom stereocenters. The minimum atomic E-state index is -0.587. The van der Waals surface area contributed by atoms with E-state index in [1.165, 1.54) is 6.07 Å². The second-order valence-electron chi connectivity index (χ2n) is 4.12. The Balaban J connectivity index is 2.60. The summed E-state index contributed by atoms with van der Waals surface area (Å²) in [5.74, 6) is -0.639. The molecule has 8 heteroatoms. The van der Waals surface area contributed by atoms with Gasteiger partial charge < -0.3 is 5.11 Å². The van der Waals surface area contributed by atoms with Crippen LogP contribution in [0.4, 0.5) is 0 Å². The average molecular weight is 316 g/mol. The van der Waals surface area contributed by atoms with Gasteiger partial charge in [-0.2, -0.15) is 0 Å². The van der Waals surface area contributed by atoms with Crippen LogP contribution in [-0.2, 0) is 4.79 Å². The highest BCUT2D eigenvalue weighted by Crippen LogP contribution is 2.34. The van der Waals surface area contributed by atoms with Crippen molar-refractivity contribution in [2.75, 3.05) is 5.43 Å². The van der Waals surface area contributed by atoms with E-state index < -0.39 is 5.56 Å². The normalized spacial score (nSPS) is 10.8. The van der Waals surface area contributed by atoms with Crippen LogP contribution >= 0.6 is 23.2 Å². The molecular weight excluding hydrogens is 305 g/mol. The Morgan fingerprint density at radius 1 is 1.45 bits per heavy atom. The fourth-order valence-electron chi connectivity index (χ4n) is 1.71. The van der Waals surface area contributed by atoms with Gasteiger partial charge in [-0.05, 0) is 12.5 Å². The summed E-state index contributed by atoms with van der Waals surface area (Å²) in [5.41, 5.74) is 1.80. The molecule has 2 rings (SSSR count). The fraction of sp³-hybridized carbons (Fsp3) is 0.250. The van der Waals surface area contributed by atoms with Gasteiger partial charge in [0, 0.05) is 6.42 Å². The Bertz CT molecular complexity index is 743. The maximum Gasteiger partial charge on any atom is 0.281 e. The molecule has 1 amide bonds. The predicted molar refractivity (Wildman–Crippen MR) is 77.0 cm³/mol. The third kappa shape index (κ3) is 2.57. The number of hydrogen-bond acceptors (Lipinski definition) is 4. The monoisotopic (exact) mass is 315 g/mol. The standard InChI is InChI=1S/C12H11Cl2N3O3/c1-2-3-8(18)16-17-5-15-10-9(12(17)20)6(13)4-7(14)11(10)19/h4-5,19H,2-3H2,1H3,(H,16,18). The summed E-state index contributed by atoms with van der Waals surface area (Å²) < 4.78 is 0.930. The van der Waals surface area contributed by atoms with Crippen molar-refractivity contribution in [1.29, 1.82) is 0 Å². The fourth-order valence-corrected chi connectivity index (χ4v) is 2.24. The highest BCUT2D eigenvalue weighted by atomic mass is 35.5. The molecule has 0 radical (unpaired) electrons. The van der Waals surface area contributed by atoms with Crippen LogP contribution in [0.2, 0.25) is 10.0 Å². The van der Waals surface area contributed by atoms with Crippen LogP contribution in [0, 0.1) is 0 Å². The molecule has 0 spiro atoms. The number of phenolic OH excluding ortho intramolecular Hbond substituents is 1. The van der Waals surface area contributed by atoms with Crippen LogP contribution in [0.25, 0.3) is 10.9 Å². The van der Waals surface area contributed by atoms with E-state index in [1.54, 1.807) is 0 Å². The van der Waals surface area contributed by atoms with E-state index in [0.29, 0.717) is 6.42 Å². The van der Waals surface area contributed by atoms with E-state index in [1.807, 2.05) is 6.92 Å². The Hall–Kier alpha value is -1.79. The van der Waals surface area contributed by atoms with Crippen molar-refractivity contribution in [1.82, 2.24) is 9.66 Å². The molecule has 106 valence electrons. The average Bonchev–Trinajstić information content (AvgIpc) is 2.38. The lowest BCUT2D eigenvalue weighted by molar-refractivity contribution is -0.117. The first-order valence-electron chi connectivity index (χ1n) is 5.84. The topological polar surface area (TPSA) is 84.2 Å². The second kappa shape index (κ2) is 5.68. The zero-order valence-corrected chi connectivity index (χ0v) is 12.0. The number of benzene rings is 1. The summed E-state index contributed by atoms with van der Waals surface area (Å²) in [7, 11) is 0. The van der Waals surface area contributed by atoms with Gasteiger partial charge in [0.2, 0.25) is 5.91 Å². The number of hydrogen-bond donors (Lipinski definition) is 2. The number of amides is 1. The summed E-state index contributed by atoms with van der Waals surface area (Å²) >= 11 is 11.7. The van der Waals surface area contributed by atoms with Crippen LogP contribution in [0.3, 0.4) is 0 Å². The Kier molecular flexibility index (Phi) is 4.15. The number of halogens is 2. The number of aromatic hydroxyl groups is 1. The van der Waals surface area contributed by atoms with Gasteiger partial charge in [0.1, 0.15) is 11.8 Å². The van der Waals surface area contributed by atoms with Crippen LogP contribution in [0.15, 0.2) is 17.2 Å². The van der Waals surface area contributed by atoms with E-state index in [9.17, 15) is 14.7 Å². The zero-order chi connectivity index (χ0) is 14.9. The van der Waals surface area contributed by atoms with Crippen LogP contribution in [-0.4, -0.2) is 20.7 Å². The molecule has 2 aromatic rings. The molecule has 6 nitrogen and oxygen atoms in total. The summed E-state index contributed by atoms with van der Waals surface area (Å²) in [4.78, 5) is 27.6. The number of nitrogens with zero attached hydrogens (tertiary/aromatic N) is 2. The van der Waals surface area contributed by atoms with E-state index in [4.69, 9.17) is 23.2 Å². The van der Waals surface area contributed by atoms with Gasteiger partial charge >= 0.3 is 0 Å². The van der Waals surface area contributed by atoms with Crippen molar-refractivity contribution in [2.45, 2.75) is 19.8 Å². The van der Waals surface area contributed by atoms with E-state index in [2.05, 4.69) is 10.4 Å². The quantitative estimate of drug-likeness (QED) is 0.910. The van der Waals surface area contributed by atoms with E-state index >= 15 is 0 Å². The molecule has 0 aliphatic rings. The Morgan fingerprint density at radius 3 is 2.80 bits per heavy atom. The molecule has 20 heavy (non-hydrogen) atoms. The number of rotatable bonds is 3. The molecule has 0 aliphatic heterocycles. The maximum atomic E-state index is 12.2. The lowest BCUT2D eigenvalue weighted by Crippen LogP contribution is -2.33. The largest absolute Gasteiger partial charge is 0.504 e. The SMILES string of the molecule is CCCC(=O)Nn1cnc2c(O)c(Cl)cc(Cl)c2c1=O. The number of carbonyl (C=O) groups is 1. The minimum Gasteiger partial charge on any atom is -0.504 e. The van der Waals surface area contributed by atoms with Crippen LogP contribution in [0.5, 0.6) is 5.75 Å². The summed E-state index contributed by atoms with van der Waals surface area (Å²) in [5, 5.41) is 9.83. The van der Waals surface area contributed by atoms with Crippen molar-refractivity contribution in [3.8, 4) is 5.75 Å². The summed E-state index contributed by atoms with van der Waals surface area (Å²) in [6.07, 6.45) is 2.04. The first-order chi connectivity index (χ1) is 9.45. The second-order valence-corrected chi connectivity index (χ2v) is 4.93. The summed E-state index contributed by atoms with van der Waals surface area (Å²) in [6.45, 7) is 1.85. The number of phenols is 1. The first kappa shape index (κ1) is 14.6. The highest BCUT2D eigenvalue weighted by Gasteiger charge is 2.15. The first-order valence-corrected chi connectivity index (χ1v) is 6.59. The van der Waals surface area contributed by atoms with Crippen LogP contribution < -0.4 is 11.0 Å².